The molecule has 1 amide bonds. The van der Waals surface area contributed by atoms with Gasteiger partial charge in [-0.05, 0) is 38.1 Å². The van der Waals surface area contributed by atoms with Crippen molar-refractivity contribution in [1.82, 2.24) is 19.9 Å². The summed E-state index contributed by atoms with van der Waals surface area (Å²) in [6, 6.07) is 9.37. The molecule has 0 bridgehead atoms. The van der Waals surface area contributed by atoms with E-state index in [1.165, 1.54) is 18.0 Å². The van der Waals surface area contributed by atoms with Crippen LogP contribution < -0.4 is 10.1 Å². The summed E-state index contributed by atoms with van der Waals surface area (Å²) in [7, 11) is 1.63. The normalized spacial score (nSPS) is 10.9. The van der Waals surface area contributed by atoms with Crippen molar-refractivity contribution in [2.75, 3.05) is 18.2 Å². The zero-order valence-electron chi connectivity index (χ0n) is 14.7. The monoisotopic (exact) mass is 373 g/mol. The van der Waals surface area contributed by atoms with Crippen LogP contribution in [-0.4, -0.2) is 38.7 Å². The van der Waals surface area contributed by atoms with Crippen LogP contribution in [0.5, 0.6) is 5.75 Å². The molecule has 3 rings (SSSR count). The zero-order valence-corrected chi connectivity index (χ0v) is 15.5. The molecule has 8 nitrogen and oxygen atoms in total. The summed E-state index contributed by atoms with van der Waals surface area (Å²) in [5.74, 6) is 1.93. The summed E-state index contributed by atoms with van der Waals surface area (Å²) in [6.07, 6.45) is 1.40. The SMILES string of the molecule is COc1ccc(-c2nnc(SCC(=O)Nc3ccon3)n2C(C)C)cc1. The van der Waals surface area contributed by atoms with Crippen molar-refractivity contribution in [2.24, 2.45) is 0 Å². The smallest absolute Gasteiger partial charge is 0.236 e. The van der Waals surface area contributed by atoms with E-state index in [9.17, 15) is 4.79 Å². The topological polar surface area (TPSA) is 95.1 Å². The lowest BCUT2D eigenvalue weighted by atomic mass is 10.2. The Hall–Kier alpha value is -2.81. The van der Waals surface area contributed by atoms with Crippen LogP contribution in [0, 0.1) is 0 Å². The highest BCUT2D eigenvalue weighted by atomic mass is 32.2. The van der Waals surface area contributed by atoms with Crippen molar-refractivity contribution < 1.29 is 14.1 Å². The van der Waals surface area contributed by atoms with Crippen LogP contribution in [0.1, 0.15) is 19.9 Å². The van der Waals surface area contributed by atoms with E-state index >= 15 is 0 Å². The van der Waals surface area contributed by atoms with Crippen LogP contribution in [-0.2, 0) is 4.79 Å². The van der Waals surface area contributed by atoms with Gasteiger partial charge in [0.25, 0.3) is 0 Å². The van der Waals surface area contributed by atoms with E-state index in [1.54, 1.807) is 13.2 Å². The quantitative estimate of drug-likeness (QED) is 0.635. The number of nitrogens with one attached hydrogen (secondary N) is 1. The van der Waals surface area contributed by atoms with E-state index in [2.05, 4.69) is 34.5 Å². The highest BCUT2D eigenvalue weighted by Crippen LogP contribution is 2.28. The first-order chi connectivity index (χ1) is 12.6. The Morgan fingerprint density at radius 2 is 2.04 bits per heavy atom. The van der Waals surface area contributed by atoms with Gasteiger partial charge in [-0.15, -0.1) is 10.2 Å². The number of anilines is 1. The van der Waals surface area contributed by atoms with Crippen LogP contribution in [0.25, 0.3) is 11.4 Å². The maximum Gasteiger partial charge on any atom is 0.236 e. The van der Waals surface area contributed by atoms with Gasteiger partial charge in [-0.25, -0.2) is 0 Å². The fourth-order valence-corrected chi connectivity index (χ4v) is 3.23. The molecule has 1 aromatic carbocycles. The molecule has 0 aliphatic rings. The minimum absolute atomic E-state index is 0.142. The predicted octanol–water partition coefficient (Wildman–Crippen LogP) is 3.25. The molecular weight excluding hydrogens is 354 g/mol. The first-order valence-electron chi connectivity index (χ1n) is 8.01. The maximum absolute atomic E-state index is 12.0. The minimum Gasteiger partial charge on any atom is -0.497 e. The Kier molecular flexibility index (Phi) is 5.57. The van der Waals surface area contributed by atoms with Gasteiger partial charge in [-0.3, -0.25) is 9.36 Å². The average molecular weight is 373 g/mol. The second-order valence-corrected chi connectivity index (χ2v) is 6.66. The number of aromatic nitrogens is 4. The molecule has 0 saturated heterocycles. The van der Waals surface area contributed by atoms with Crippen molar-refractivity contribution in [1.29, 1.82) is 0 Å². The predicted molar refractivity (Wildman–Crippen MR) is 98.3 cm³/mol. The zero-order chi connectivity index (χ0) is 18.5. The van der Waals surface area contributed by atoms with Gasteiger partial charge in [-0.1, -0.05) is 16.9 Å². The molecule has 2 heterocycles. The lowest BCUT2D eigenvalue weighted by Crippen LogP contribution is -2.15. The number of nitrogens with zero attached hydrogens (tertiary/aromatic N) is 4. The highest BCUT2D eigenvalue weighted by molar-refractivity contribution is 7.99. The molecule has 26 heavy (non-hydrogen) atoms. The van der Waals surface area contributed by atoms with Crippen LogP contribution >= 0.6 is 11.8 Å². The molecule has 1 N–H and O–H groups in total. The summed E-state index contributed by atoms with van der Waals surface area (Å²) in [5.41, 5.74) is 0.936. The molecule has 0 unspecified atom stereocenters. The third-order valence-electron chi connectivity index (χ3n) is 3.57. The van der Waals surface area contributed by atoms with Crippen molar-refractivity contribution in [3.63, 3.8) is 0 Å². The molecule has 0 saturated carbocycles. The number of benzene rings is 1. The number of carbonyl (C=O) groups is 1. The molecule has 0 atom stereocenters. The summed E-state index contributed by atoms with van der Waals surface area (Å²) in [6.45, 7) is 4.10. The lowest BCUT2D eigenvalue weighted by molar-refractivity contribution is -0.113. The standard InChI is InChI=1S/C17H19N5O3S/c1-11(2)22-16(12-4-6-13(24-3)7-5-12)19-20-17(22)26-10-15(23)18-14-8-9-25-21-14/h4-9,11H,10H2,1-3H3,(H,18,21,23). The third kappa shape index (κ3) is 4.05. The van der Waals surface area contributed by atoms with Crippen molar-refractivity contribution in [2.45, 2.75) is 25.0 Å². The number of amides is 1. The van der Waals surface area contributed by atoms with Gasteiger partial charge in [0.1, 0.15) is 12.0 Å². The van der Waals surface area contributed by atoms with E-state index in [4.69, 9.17) is 9.26 Å². The van der Waals surface area contributed by atoms with Crippen LogP contribution in [0.4, 0.5) is 5.82 Å². The number of methoxy groups -OCH3 is 1. The van der Waals surface area contributed by atoms with Crippen molar-refractivity contribution in [3.8, 4) is 17.1 Å². The molecule has 2 aromatic heterocycles. The minimum atomic E-state index is -0.187. The van der Waals surface area contributed by atoms with Crippen molar-refractivity contribution in [3.05, 3.63) is 36.6 Å². The number of hydrogen-bond acceptors (Lipinski definition) is 7. The van der Waals surface area contributed by atoms with E-state index < -0.39 is 0 Å². The number of thioether (sulfide) groups is 1. The second kappa shape index (κ2) is 8.05. The van der Waals surface area contributed by atoms with Crippen LogP contribution in [0.15, 0.2) is 46.3 Å². The van der Waals surface area contributed by atoms with Gasteiger partial charge in [0, 0.05) is 17.7 Å². The van der Waals surface area contributed by atoms with Gasteiger partial charge in [0.2, 0.25) is 5.91 Å². The number of rotatable bonds is 7. The molecule has 0 aliphatic carbocycles. The van der Waals surface area contributed by atoms with Gasteiger partial charge < -0.3 is 14.6 Å². The van der Waals surface area contributed by atoms with Gasteiger partial charge in [0.05, 0.1) is 12.9 Å². The second-order valence-electron chi connectivity index (χ2n) is 5.72. The Morgan fingerprint density at radius 1 is 1.27 bits per heavy atom. The fourth-order valence-electron chi connectivity index (χ4n) is 2.36. The average Bonchev–Trinajstić information content (AvgIpc) is 3.29. The van der Waals surface area contributed by atoms with Gasteiger partial charge in [-0.2, -0.15) is 0 Å². The van der Waals surface area contributed by atoms with Gasteiger partial charge >= 0.3 is 0 Å². The summed E-state index contributed by atoms with van der Waals surface area (Å²) >= 11 is 1.32. The highest BCUT2D eigenvalue weighted by Gasteiger charge is 2.18. The number of carbonyl (C=O) groups excluding carboxylic acids is 1. The van der Waals surface area contributed by atoms with E-state index in [-0.39, 0.29) is 17.7 Å². The summed E-state index contributed by atoms with van der Waals surface area (Å²) in [5, 5.41) is 15.6. The molecule has 9 heteroatoms. The molecule has 0 fully saturated rings. The Balaban J connectivity index is 1.75. The van der Waals surface area contributed by atoms with E-state index in [0.29, 0.717) is 11.0 Å². The summed E-state index contributed by atoms with van der Waals surface area (Å²) < 4.78 is 11.9. The lowest BCUT2D eigenvalue weighted by Gasteiger charge is -2.13. The van der Waals surface area contributed by atoms with Crippen LogP contribution in [0.3, 0.4) is 0 Å². The molecule has 3 aromatic rings. The van der Waals surface area contributed by atoms with Gasteiger partial charge in [0.15, 0.2) is 16.8 Å². The number of ether oxygens (including phenoxy) is 1. The molecule has 0 spiro atoms. The third-order valence-corrected chi connectivity index (χ3v) is 4.51. The fraction of sp³-hybridized carbons (Fsp3) is 0.294. The van der Waals surface area contributed by atoms with E-state index in [0.717, 1.165) is 17.1 Å². The molecular formula is C17H19N5O3S. The Bertz CT molecular complexity index is 859. The first kappa shape index (κ1) is 18.0. The van der Waals surface area contributed by atoms with Crippen molar-refractivity contribution >= 4 is 23.5 Å². The molecule has 0 radical (unpaired) electrons. The van der Waals surface area contributed by atoms with Crippen LogP contribution in [0.2, 0.25) is 0 Å². The molecule has 0 aliphatic heterocycles. The Labute approximate surface area is 154 Å². The largest absolute Gasteiger partial charge is 0.497 e. The Morgan fingerprint density at radius 3 is 2.65 bits per heavy atom. The summed E-state index contributed by atoms with van der Waals surface area (Å²) in [4.78, 5) is 12.0. The molecule has 136 valence electrons. The maximum atomic E-state index is 12.0. The first-order valence-corrected chi connectivity index (χ1v) is 8.99. The van der Waals surface area contributed by atoms with E-state index in [1.807, 2.05) is 28.8 Å². The number of hydrogen-bond donors (Lipinski definition) is 1.